The highest BCUT2D eigenvalue weighted by Crippen LogP contribution is 2.28. The van der Waals surface area contributed by atoms with E-state index < -0.39 is 0 Å². The van der Waals surface area contributed by atoms with E-state index in [1.165, 1.54) is 0 Å². The van der Waals surface area contributed by atoms with Crippen LogP contribution in [0.25, 0.3) is 5.69 Å². The summed E-state index contributed by atoms with van der Waals surface area (Å²) in [4.78, 5) is 12.3. The van der Waals surface area contributed by atoms with Crippen LogP contribution in [0, 0.1) is 0 Å². The van der Waals surface area contributed by atoms with E-state index in [9.17, 15) is 4.79 Å². The minimum absolute atomic E-state index is 0.0548. The van der Waals surface area contributed by atoms with Crippen molar-refractivity contribution in [3.8, 4) is 5.69 Å². The molecular weight excluding hydrogens is 276 g/mol. The lowest BCUT2D eigenvalue weighted by atomic mass is 9.97. The molecule has 0 unspecified atom stereocenters. The molecule has 3 rings (SSSR count). The van der Waals surface area contributed by atoms with E-state index in [0.717, 1.165) is 36.9 Å². The van der Waals surface area contributed by atoms with Gasteiger partial charge in [-0.3, -0.25) is 4.79 Å². The summed E-state index contributed by atoms with van der Waals surface area (Å²) >= 11 is 0. The van der Waals surface area contributed by atoms with Gasteiger partial charge in [-0.15, -0.1) is 0 Å². The maximum Gasteiger partial charge on any atom is 0.224 e. The van der Waals surface area contributed by atoms with Crippen LogP contribution in [0.5, 0.6) is 0 Å². The van der Waals surface area contributed by atoms with Crippen LogP contribution in [0.15, 0.2) is 42.7 Å². The summed E-state index contributed by atoms with van der Waals surface area (Å²) in [7, 11) is 0. The lowest BCUT2D eigenvalue weighted by molar-refractivity contribution is -0.122. The SMILES string of the molecule is NCC1(NC(=O)Cc2ccc(-n3cccn3)cc2)CCCC1. The molecule has 1 amide bonds. The summed E-state index contributed by atoms with van der Waals surface area (Å²) in [5, 5.41) is 7.34. The first-order valence-corrected chi connectivity index (χ1v) is 7.81. The Kier molecular flexibility index (Phi) is 4.24. The summed E-state index contributed by atoms with van der Waals surface area (Å²) in [6.07, 6.45) is 8.32. The Morgan fingerprint density at radius 3 is 2.59 bits per heavy atom. The smallest absolute Gasteiger partial charge is 0.224 e. The van der Waals surface area contributed by atoms with Crippen LogP contribution < -0.4 is 11.1 Å². The predicted octanol–water partition coefficient (Wildman–Crippen LogP) is 1.80. The molecule has 1 aliphatic rings. The molecule has 1 saturated carbocycles. The second-order valence-corrected chi connectivity index (χ2v) is 6.03. The minimum atomic E-state index is -0.175. The molecule has 5 nitrogen and oxygen atoms in total. The van der Waals surface area contributed by atoms with Crippen LogP contribution in [0.2, 0.25) is 0 Å². The normalized spacial score (nSPS) is 16.6. The Hall–Kier alpha value is -2.14. The maximum atomic E-state index is 12.3. The quantitative estimate of drug-likeness (QED) is 0.884. The summed E-state index contributed by atoms with van der Waals surface area (Å²) in [6.45, 7) is 0.525. The van der Waals surface area contributed by atoms with Gasteiger partial charge in [0.15, 0.2) is 0 Å². The Balaban J connectivity index is 1.62. The van der Waals surface area contributed by atoms with Crippen molar-refractivity contribution in [2.45, 2.75) is 37.6 Å². The fourth-order valence-corrected chi connectivity index (χ4v) is 3.15. The molecule has 2 aromatic rings. The second-order valence-electron chi connectivity index (χ2n) is 6.03. The fourth-order valence-electron chi connectivity index (χ4n) is 3.15. The molecule has 22 heavy (non-hydrogen) atoms. The van der Waals surface area contributed by atoms with Gasteiger partial charge >= 0.3 is 0 Å². The van der Waals surface area contributed by atoms with Gasteiger partial charge in [-0.1, -0.05) is 25.0 Å². The summed E-state index contributed by atoms with van der Waals surface area (Å²) in [5.74, 6) is 0.0548. The molecule has 0 radical (unpaired) electrons. The van der Waals surface area contributed by atoms with Crippen molar-refractivity contribution in [3.05, 3.63) is 48.3 Å². The number of rotatable bonds is 5. The van der Waals surface area contributed by atoms with Crippen molar-refractivity contribution >= 4 is 5.91 Å². The Bertz CT molecular complexity index is 613. The van der Waals surface area contributed by atoms with Crippen LogP contribution in [0.3, 0.4) is 0 Å². The lowest BCUT2D eigenvalue weighted by Crippen LogP contribution is -2.52. The molecule has 1 aromatic carbocycles. The van der Waals surface area contributed by atoms with Crippen molar-refractivity contribution in [1.82, 2.24) is 15.1 Å². The van der Waals surface area contributed by atoms with Gasteiger partial charge in [0.25, 0.3) is 0 Å². The number of carbonyl (C=O) groups is 1. The van der Waals surface area contributed by atoms with Crippen LogP contribution >= 0.6 is 0 Å². The third-order valence-electron chi connectivity index (χ3n) is 4.43. The monoisotopic (exact) mass is 298 g/mol. The molecular formula is C17H22N4O. The second kappa shape index (κ2) is 6.32. The highest BCUT2D eigenvalue weighted by Gasteiger charge is 2.33. The van der Waals surface area contributed by atoms with E-state index in [0.29, 0.717) is 13.0 Å². The van der Waals surface area contributed by atoms with E-state index in [1.54, 1.807) is 10.9 Å². The average molecular weight is 298 g/mol. The van der Waals surface area contributed by atoms with Crippen molar-refractivity contribution in [2.24, 2.45) is 5.73 Å². The highest BCUT2D eigenvalue weighted by atomic mass is 16.1. The van der Waals surface area contributed by atoms with E-state index in [1.807, 2.05) is 36.5 Å². The molecule has 1 aromatic heterocycles. The molecule has 1 fully saturated rings. The predicted molar refractivity (Wildman–Crippen MR) is 85.7 cm³/mol. The van der Waals surface area contributed by atoms with Gasteiger partial charge in [-0.05, 0) is 36.6 Å². The van der Waals surface area contributed by atoms with Gasteiger partial charge in [0.2, 0.25) is 5.91 Å². The Morgan fingerprint density at radius 2 is 2.00 bits per heavy atom. The van der Waals surface area contributed by atoms with Crippen LogP contribution in [-0.4, -0.2) is 27.8 Å². The van der Waals surface area contributed by atoms with Crippen LogP contribution in [0.4, 0.5) is 0 Å². The van der Waals surface area contributed by atoms with Crippen molar-refractivity contribution in [1.29, 1.82) is 0 Å². The van der Waals surface area contributed by atoms with Gasteiger partial charge in [-0.2, -0.15) is 5.10 Å². The molecule has 5 heteroatoms. The Morgan fingerprint density at radius 1 is 1.27 bits per heavy atom. The van der Waals surface area contributed by atoms with Gasteiger partial charge in [0, 0.05) is 18.9 Å². The number of benzene rings is 1. The molecule has 0 aliphatic heterocycles. The zero-order valence-corrected chi connectivity index (χ0v) is 12.7. The van der Waals surface area contributed by atoms with E-state index in [4.69, 9.17) is 5.73 Å². The van der Waals surface area contributed by atoms with E-state index in [-0.39, 0.29) is 11.4 Å². The van der Waals surface area contributed by atoms with Gasteiger partial charge < -0.3 is 11.1 Å². The minimum Gasteiger partial charge on any atom is -0.349 e. The number of carbonyl (C=O) groups excluding carboxylic acids is 1. The van der Waals surface area contributed by atoms with Gasteiger partial charge in [0.1, 0.15) is 0 Å². The molecule has 0 spiro atoms. The number of nitrogens with one attached hydrogen (secondary N) is 1. The average Bonchev–Trinajstić information content (AvgIpc) is 3.20. The number of nitrogens with two attached hydrogens (primary N) is 1. The lowest BCUT2D eigenvalue weighted by Gasteiger charge is -2.28. The zero-order valence-electron chi connectivity index (χ0n) is 12.7. The summed E-state index contributed by atoms with van der Waals surface area (Å²) < 4.78 is 1.80. The number of aromatic nitrogens is 2. The van der Waals surface area contributed by atoms with Gasteiger partial charge in [-0.25, -0.2) is 4.68 Å². The van der Waals surface area contributed by atoms with E-state index >= 15 is 0 Å². The molecule has 1 heterocycles. The number of hydrogen-bond donors (Lipinski definition) is 2. The highest BCUT2D eigenvalue weighted by molar-refractivity contribution is 5.79. The topological polar surface area (TPSA) is 72.9 Å². The first kappa shape index (κ1) is 14.8. The Labute approximate surface area is 130 Å². The van der Waals surface area contributed by atoms with Crippen molar-refractivity contribution in [3.63, 3.8) is 0 Å². The third kappa shape index (κ3) is 3.20. The number of amides is 1. The molecule has 1 aliphatic carbocycles. The summed E-state index contributed by atoms with van der Waals surface area (Å²) in [5.41, 5.74) is 7.67. The molecule has 116 valence electrons. The number of hydrogen-bond acceptors (Lipinski definition) is 3. The molecule has 0 atom stereocenters. The van der Waals surface area contributed by atoms with Gasteiger partial charge in [0.05, 0.1) is 17.6 Å². The zero-order chi connectivity index (χ0) is 15.4. The largest absolute Gasteiger partial charge is 0.349 e. The summed E-state index contributed by atoms with van der Waals surface area (Å²) in [6, 6.07) is 9.78. The third-order valence-corrected chi connectivity index (χ3v) is 4.43. The maximum absolute atomic E-state index is 12.3. The van der Waals surface area contributed by atoms with E-state index in [2.05, 4.69) is 10.4 Å². The molecule has 0 bridgehead atoms. The standard InChI is InChI=1S/C17H22N4O/c18-13-17(8-1-2-9-17)20-16(22)12-14-4-6-15(7-5-14)21-11-3-10-19-21/h3-7,10-11H,1-2,8-9,12-13,18H2,(H,20,22). The van der Waals surface area contributed by atoms with Crippen molar-refractivity contribution < 1.29 is 4.79 Å². The van der Waals surface area contributed by atoms with Crippen LogP contribution in [0.1, 0.15) is 31.2 Å². The van der Waals surface area contributed by atoms with Crippen molar-refractivity contribution in [2.75, 3.05) is 6.54 Å². The first-order valence-electron chi connectivity index (χ1n) is 7.81. The number of nitrogens with zero attached hydrogens (tertiary/aromatic N) is 2. The molecule has 0 saturated heterocycles. The van der Waals surface area contributed by atoms with Crippen LogP contribution in [-0.2, 0) is 11.2 Å². The fraction of sp³-hybridized carbons (Fsp3) is 0.412. The first-order chi connectivity index (χ1) is 10.7. The molecule has 3 N–H and O–H groups in total.